The summed E-state index contributed by atoms with van der Waals surface area (Å²) in [5.74, 6) is -2.92. The Morgan fingerprint density at radius 3 is 2.09 bits per heavy atom. The first kappa shape index (κ1) is 29.3. The first-order valence-corrected chi connectivity index (χ1v) is 12.0. The van der Waals surface area contributed by atoms with Crippen molar-refractivity contribution in [2.24, 2.45) is 35.3 Å². The Balaban J connectivity index is 3.18. The van der Waals surface area contributed by atoms with E-state index >= 15 is 0 Å². The van der Waals surface area contributed by atoms with E-state index in [2.05, 4.69) is 5.43 Å². The zero-order valence-electron chi connectivity index (χ0n) is 21.3. The van der Waals surface area contributed by atoms with Crippen LogP contribution in [0.25, 0.3) is 6.08 Å². The van der Waals surface area contributed by atoms with Gasteiger partial charge in [0.05, 0.1) is 17.9 Å². The average molecular weight is 475 g/mol. The largest absolute Gasteiger partial charge is 0.320 e. The summed E-state index contributed by atoms with van der Waals surface area (Å²) < 4.78 is 0. The Bertz CT molecular complexity index is 808. The minimum absolute atomic E-state index is 0.0949. The molecule has 0 heterocycles. The number of carbonyl (C=O) groups is 3. The van der Waals surface area contributed by atoms with Gasteiger partial charge in [0.1, 0.15) is 0 Å². The predicted molar refractivity (Wildman–Crippen MR) is 134 cm³/mol. The zero-order valence-corrected chi connectivity index (χ0v) is 21.3. The van der Waals surface area contributed by atoms with Gasteiger partial charge in [-0.05, 0) is 36.2 Å². The van der Waals surface area contributed by atoms with Crippen LogP contribution in [0.4, 0.5) is 0 Å². The van der Waals surface area contributed by atoms with Gasteiger partial charge in [0, 0.05) is 6.54 Å². The molecule has 0 bridgehead atoms. The molecule has 0 aliphatic rings. The van der Waals surface area contributed by atoms with E-state index in [1.165, 1.54) is 5.01 Å². The summed E-state index contributed by atoms with van der Waals surface area (Å²) in [6, 6.07) is 8.85. The molecule has 34 heavy (non-hydrogen) atoms. The van der Waals surface area contributed by atoms with Gasteiger partial charge >= 0.3 is 0 Å². The van der Waals surface area contributed by atoms with Crippen molar-refractivity contribution in [3.63, 3.8) is 0 Å². The second-order valence-corrected chi connectivity index (χ2v) is 9.96. The van der Waals surface area contributed by atoms with Gasteiger partial charge in [0.2, 0.25) is 11.8 Å². The molecule has 3 atom stereocenters. The summed E-state index contributed by atoms with van der Waals surface area (Å²) >= 11 is 0. The number of benzene rings is 1. The lowest BCUT2D eigenvalue weighted by molar-refractivity contribution is -0.148. The normalized spacial score (nSPS) is 14.3. The molecule has 0 unspecified atom stereocenters. The summed E-state index contributed by atoms with van der Waals surface area (Å²) in [4.78, 5) is 39.0. The third-order valence-corrected chi connectivity index (χ3v) is 5.56. The molecule has 0 saturated carbocycles. The van der Waals surface area contributed by atoms with Crippen molar-refractivity contribution < 1.29 is 19.6 Å². The number of nitrogens with zero attached hydrogens (tertiary/aromatic N) is 1. The summed E-state index contributed by atoms with van der Waals surface area (Å²) in [5, 5.41) is 10.6. The highest BCUT2D eigenvalue weighted by molar-refractivity contribution is 5.90. The van der Waals surface area contributed by atoms with Crippen LogP contribution >= 0.6 is 0 Å². The van der Waals surface area contributed by atoms with Gasteiger partial charge in [-0.15, -0.1) is 0 Å². The van der Waals surface area contributed by atoms with E-state index in [4.69, 9.17) is 5.73 Å². The quantitative estimate of drug-likeness (QED) is 0.273. The van der Waals surface area contributed by atoms with Crippen molar-refractivity contribution in [3.05, 3.63) is 42.0 Å². The van der Waals surface area contributed by atoms with Crippen LogP contribution in [0, 0.1) is 29.6 Å². The topological polar surface area (TPSA) is 125 Å². The van der Waals surface area contributed by atoms with Gasteiger partial charge in [-0.25, -0.2) is 5.48 Å². The van der Waals surface area contributed by atoms with Gasteiger partial charge in [-0.1, -0.05) is 84.0 Å². The predicted octanol–water partition coefficient (Wildman–Crippen LogP) is 3.37. The fourth-order valence-electron chi connectivity index (χ4n) is 3.65. The van der Waals surface area contributed by atoms with E-state index in [1.54, 1.807) is 5.48 Å². The lowest BCUT2D eigenvalue weighted by Gasteiger charge is -2.32. The molecule has 5 N–H and O–H groups in total. The van der Waals surface area contributed by atoms with Crippen LogP contribution in [0.15, 0.2) is 36.4 Å². The SMILES string of the molecule is CC(C)C[C@@H](C(=O)NN(CC(C)C)C(=O)[C@H](N)C(C)C)[C@H](C/C=C/c1ccccc1)C(=O)NO. The molecule has 0 spiro atoms. The maximum absolute atomic E-state index is 13.4. The minimum Gasteiger partial charge on any atom is -0.320 e. The molecule has 0 aliphatic heterocycles. The second kappa shape index (κ2) is 14.5. The van der Waals surface area contributed by atoms with Crippen LogP contribution in [0.2, 0.25) is 0 Å². The Morgan fingerprint density at radius 1 is 0.971 bits per heavy atom. The summed E-state index contributed by atoms with van der Waals surface area (Å²) in [6.45, 7) is 11.8. The monoisotopic (exact) mass is 474 g/mol. The van der Waals surface area contributed by atoms with Gasteiger partial charge in [0.15, 0.2) is 0 Å². The second-order valence-electron chi connectivity index (χ2n) is 9.96. The molecule has 0 aromatic heterocycles. The van der Waals surface area contributed by atoms with Crippen molar-refractivity contribution in [3.8, 4) is 0 Å². The van der Waals surface area contributed by atoms with Gasteiger partial charge in [0.25, 0.3) is 5.91 Å². The number of hydrogen-bond donors (Lipinski definition) is 4. The van der Waals surface area contributed by atoms with Crippen LogP contribution < -0.4 is 16.6 Å². The van der Waals surface area contributed by atoms with E-state index in [1.807, 2.05) is 84.0 Å². The maximum Gasteiger partial charge on any atom is 0.258 e. The highest BCUT2D eigenvalue weighted by Crippen LogP contribution is 2.26. The molecule has 0 saturated heterocycles. The number of allylic oxidation sites excluding steroid dienone is 1. The van der Waals surface area contributed by atoms with Crippen molar-refractivity contribution in [1.29, 1.82) is 0 Å². The van der Waals surface area contributed by atoms with Crippen molar-refractivity contribution in [1.82, 2.24) is 15.9 Å². The third-order valence-electron chi connectivity index (χ3n) is 5.56. The number of amides is 3. The number of rotatable bonds is 12. The molecule has 0 aliphatic carbocycles. The summed E-state index contributed by atoms with van der Waals surface area (Å²) in [6.07, 6.45) is 4.35. The summed E-state index contributed by atoms with van der Waals surface area (Å²) in [5.41, 5.74) is 11.5. The van der Waals surface area contributed by atoms with Crippen LogP contribution in [-0.2, 0) is 14.4 Å². The van der Waals surface area contributed by atoms with Crippen LogP contribution in [0.5, 0.6) is 0 Å². The maximum atomic E-state index is 13.4. The molecule has 0 radical (unpaired) electrons. The molecular weight excluding hydrogens is 432 g/mol. The summed E-state index contributed by atoms with van der Waals surface area (Å²) in [7, 11) is 0. The highest BCUT2D eigenvalue weighted by Gasteiger charge is 2.35. The number of nitrogens with one attached hydrogen (secondary N) is 2. The van der Waals surface area contributed by atoms with Crippen LogP contribution in [0.3, 0.4) is 0 Å². The Kier molecular flexibility index (Phi) is 12.5. The van der Waals surface area contributed by atoms with Crippen molar-refractivity contribution in [2.75, 3.05) is 6.54 Å². The van der Waals surface area contributed by atoms with Crippen LogP contribution in [-0.4, -0.2) is 40.5 Å². The number of hydrazine groups is 1. The lowest BCUT2D eigenvalue weighted by Crippen LogP contribution is -2.57. The standard InChI is InChI=1S/C26H42N4O4/c1-17(2)15-22(21(25(32)29-34)14-10-13-20-11-8-7-9-12-20)24(31)28-30(16-18(3)4)26(33)23(27)19(5)6/h7-13,17-19,21-23,34H,14-16,27H2,1-6H3,(H,28,31)(H,29,32)/b13-10+/t21-,22+,23+/m0/s1. The number of carbonyl (C=O) groups excluding carboxylic acids is 3. The Labute approximate surface area is 203 Å². The molecule has 3 amide bonds. The van der Waals surface area contributed by atoms with Crippen molar-refractivity contribution in [2.45, 2.75) is 60.4 Å². The van der Waals surface area contributed by atoms with E-state index < -0.39 is 29.7 Å². The highest BCUT2D eigenvalue weighted by atomic mass is 16.5. The molecule has 1 rings (SSSR count). The molecule has 8 nitrogen and oxygen atoms in total. The fourth-order valence-corrected chi connectivity index (χ4v) is 3.65. The van der Waals surface area contributed by atoms with E-state index in [0.29, 0.717) is 13.0 Å². The zero-order chi connectivity index (χ0) is 25.8. The minimum atomic E-state index is -0.817. The fraction of sp³-hybridized carbons (Fsp3) is 0.577. The average Bonchev–Trinajstić information content (AvgIpc) is 2.78. The molecule has 1 aromatic rings. The Morgan fingerprint density at radius 2 is 1.59 bits per heavy atom. The van der Waals surface area contributed by atoms with E-state index in [-0.39, 0.29) is 30.1 Å². The number of hydrogen-bond acceptors (Lipinski definition) is 5. The lowest BCUT2D eigenvalue weighted by atomic mass is 9.82. The van der Waals surface area contributed by atoms with Gasteiger partial charge in [-0.2, -0.15) is 0 Å². The van der Waals surface area contributed by atoms with Crippen LogP contribution in [0.1, 0.15) is 59.9 Å². The Hall–Kier alpha value is -2.71. The third kappa shape index (κ3) is 9.65. The first-order valence-electron chi connectivity index (χ1n) is 12.0. The number of hydroxylamine groups is 1. The molecular formula is C26H42N4O4. The smallest absolute Gasteiger partial charge is 0.258 e. The molecule has 190 valence electrons. The van der Waals surface area contributed by atoms with Gasteiger partial charge < -0.3 is 5.73 Å². The molecule has 1 aromatic carbocycles. The van der Waals surface area contributed by atoms with Gasteiger partial charge in [-0.3, -0.25) is 30.0 Å². The molecule has 0 fully saturated rings. The molecule has 8 heteroatoms. The number of nitrogens with two attached hydrogens (primary N) is 1. The van der Waals surface area contributed by atoms with E-state index in [9.17, 15) is 19.6 Å². The van der Waals surface area contributed by atoms with Crippen molar-refractivity contribution >= 4 is 23.8 Å². The first-order chi connectivity index (χ1) is 16.0. The van der Waals surface area contributed by atoms with E-state index in [0.717, 1.165) is 5.56 Å².